The van der Waals surface area contributed by atoms with Crippen molar-refractivity contribution in [3.8, 4) is 0 Å². The van der Waals surface area contributed by atoms with Crippen LogP contribution >= 0.6 is 34.8 Å². The fourth-order valence-electron chi connectivity index (χ4n) is 0.960. The second-order valence-corrected chi connectivity index (χ2v) is 3.97. The predicted octanol–water partition coefficient (Wildman–Crippen LogP) is 3.44. The third kappa shape index (κ3) is 3.21. The lowest BCUT2D eigenvalue weighted by Crippen LogP contribution is -2.03. The van der Waals surface area contributed by atoms with Crippen LogP contribution < -0.4 is 5.32 Å². The molecule has 1 rings (SSSR count). The summed E-state index contributed by atoms with van der Waals surface area (Å²) in [6.45, 7) is 0.792. The summed E-state index contributed by atoms with van der Waals surface area (Å²) in [4.78, 5) is 0. The van der Waals surface area contributed by atoms with Gasteiger partial charge in [-0.25, -0.2) is 0 Å². The van der Waals surface area contributed by atoms with E-state index in [1.807, 2.05) is 0 Å². The van der Waals surface area contributed by atoms with E-state index in [2.05, 4.69) is 5.32 Å². The summed E-state index contributed by atoms with van der Waals surface area (Å²) in [7, 11) is 0. The molecule has 0 bridgehead atoms. The standard InChI is InChI=1S/C9H10Cl3NO/c10-6-4-8(12)9(5-7(6)11)13-2-1-3-14/h4-5,13-14H,1-3H2. The van der Waals surface area contributed by atoms with E-state index in [1.165, 1.54) is 0 Å². The zero-order valence-corrected chi connectivity index (χ0v) is 9.62. The number of aliphatic hydroxyl groups is 1. The van der Waals surface area contributed by atoms with E-state index in [0.717, 1.165) is 5.69 Å². The Kier molecular flexibility index (Phi) is 4.82. The number of nitrogens with one attached hydrogen (secondary N) is 1. The highest BCUT2D eigenvalue weighted by Crippen LogP contribution is 2.32. The zero-order valence-electron chi connectivity index (χ0n) is 7.36. The molecule has 14 heavy (non-hydrogen) atoms. The number of halogens is 3. The molecule has 0 atom stereocenters. The van der Waals surface area contributed by atoms with Crippen LogP contribution in [0.1, 0.15) is 6.42 Å². The van der Waals surface area contributed by atoms with Crippen LogP contribution in [-0.4, -0.2) is 18.3 Å². The van der Waals surface area contributed by atoms with Gasteiger partial charge in [0.1, 0.15) is 0 Å². The molecule has 0 aromatic heterocycles. The van der Waals surface area contributed by atoms with Crippen molar-refractivity contribution in [1.29, 1.82) is 0 Å². The molecule has 0 aliphatic rings. The molecule has 1 aromatic rings. The first kappa shape index (κ1) is 11.9. The van der Waals surface area contributed by atoms with Crippen molar-refractivity contribution in [1.82, 2.24) is 0 Å². The molecule has 0 fully saturated rings. The summed E-state index contributed by atoms with van der Waals surface area (Å²) >= 11 is 17.5. The third-order valence-electron chi connectivity index (χ3n) is 1.66. The monoisotopic (exact) mass is 253 g/mol. The summed E-state index contributed by atoms with van der Waals surface area (Å²) in [5.74, 6) is 0. The van der Waals surface area contributed by atoms with Crippen LogP contribution in [0, 0.1) is 0 Å². The van der Waals surface area contributed by atoms with Gasteiger partial charge in [0, 0.05) is 13.2 Å². The lowest BCUT2D eigenvalue weighted by molar-refractivity contribution is 0.292. The molecule has 0 amide bonds. The molecular formula is C9H10Cl3NO. The van der Waals surface area contributed by atoms with Crippen molar-refractivity contribution in [2.75, 3.05) is 18.5 Å². The van der Waals surface area contributed by atoms with Crippen LogP contribution in [0.4, 0.5) is 5.69 Å². The lowest BCUT2D eigenvalue weighted by atomic mass is 10.3. The van der Waals surface area contributed by atoms with Crippen molar-refractivity contribution >= 4 is 40.5 Å². The van der Waals surface area contributed by atoms with Gasteiger partial charge >= 0.3 is 0 Å². The largest absolute Gasteiger partial charge is 0.396 e. The maximum atomic E-state index is 8.59. The van der Waals surface area contributed by atoms with Crippen molar-refractivity contribution in [3.05, 3.63) is 27.2 Å². The quantitative estimate of drug-likeness (QED) is 0.637. The van der Waals surface area contributed by atoms with Gasteiger partial charge in [-0.05, 0) is 18.6 Å². The lowest BCUT2D eigenvalue weighted by Gasteiger charge is -2.08. The maximum Gasteiger partial charge on any atom is 0.0653 e. The summed E-state index contributed by atoms with van der Waals surface area (Å²) in [6.07, 6.45) is 0.663. The Morgan fingerprint density at radius 2 is 1.71 bits per heavy atom. The topological polar surface area (TPSA) is 32.3 Å². The summed E-state index contributed by atoms with van der Waals surface area (Å²) in [6, 6.07) is 3.26. The molecular weight excluding hydrogens is 244 g/mol. The van der Waals surface area contributed by atoms with Crippen LogP contribution in [-0.2, 0) is 0 Å². The maximum absolute atomic E-state index is 8.59. The number of aliphatic hydroxyl groups excluding tert-OH is 1. The molecule has 0 aliphatic carbocycles. The summed E-state index contributed by atoms with van der Waals surface area (Å²) in [5, 5.41) is 13.1. The molecule has 0 radical (unpaired) electrons. The molecule has 0 spiro atoms. The van der Waals surface area contributed by atoms with Gasteiger partial charge in [0.15, 0.2) is 0 Å². The third-order valence-corrected chi connectivity index (χ3v) is 2.70. The number of benzene rings is 1. The molecule has 0 unspecified atom stereocenters. The van der Waals surface area contributed by atoms with Crippen LogP contribution in [0.25, 0.3) is 0 Å². The molecule has 0 saturated carbocycles. The second kappa shape index (κ2) is 5.66. The Hall–Kier alpha value is -0.150. The highest BCUT2D eigenvalue weighted by atomic mass is 35.5. The SMILES string of the molecule is OCCCNc1cc(Cl)c(Cl)cc1Cl. The van der Waals surface area contributed by atoms with Gasteiger partial charge in [-0.1, -0.05) is 34.8 Å². The summed E-state index contributed by atoms with van der Waals surface area (Å²) < 4.78 is 0. The first-order valence-corrected chi connectivity index (χ1v) is 5.28. The second-order valence-electron chi connectivity index (χ2n) is 2.75. The molecule has 0 heterocycles. The van der Waals surface area contributed by atoms with Gasteiger partial charge in [-0.2, -0.15) is 0 Å². The van der Waals surface area contributed by atoms with Crippen LogP contribution in [0.15, 0.2) is 12.1 Å². The number of hydrogen-bond donors (Lipinski definition) is 2. The molecule has 2 N–H and O–H groups in total. The van der Waals surface area contributed by atoms with Gasteiger partial charge in [0.05, 0.1) is 20.8 Å². The highest BCUT2D eigenvalue weighted by Gasteiger charge is 2.04. The van der Waals surface area contributed by atoms with Crippen molar-refractivity contribution in [3.63, 3.8) is 0 Å². The minimum absolute atomic E-state index is 0.145. The Labute approximate surface area is 97.8 Å². The van der Waals surface area contributed by atoms with Crippen LogP contribution in [0.3, 0.4) is 0 Å². The van der Waals surface area contributed by atoms with E-state index in [9.17, 15) is 0 Å². The average Bonchev–Trinajstić information content (AvgIpc) is 2.14. The number of anilines is 1. The molecule has 2 nitrogen and oxygen atoms in total. The van der Waals surface area contributed by atoms with E-state index < -0.39 is 0 Å². The highest BCUT2D eigenvalue weighted by molar-refractivity contribution is 6.44. The van der Waals surface area contributed by atoms with Crippen molar-refractivity contribution in [2.45, 2.75) is 6.42 Å². The molecule has 5 heteroatoms. The van der Waals surface area contributed by atoms with E-state index >= 15 is 0 Å². The van der Waals surface area contributed by atoms with E-state index in [4.69, 9.17) is 39.9 Å². The van der Waals surface area contributed by atoms with Gasteiger partial charge in [0.25, 0.3) is 0 Å². The first-order valence-electron chi connectivity index (χ1n) is 4.14. The number of rotatable bonds is 4. The minimum atomic E-state index is 0.145. The Balaban J connectivity index is 2.72. The van der Waals surface area contributed by atoms with E-state index in [-0.39, 0.29) is 6.61 Å². The van der Waals surface area contributed by atoms with E-state index in [1.54, 1.807) is 12.1 Å². The van der Waals surface area contributed by atoms with Gasteiger partial charge in [0.2, 0.25) is 0 Å². The van der Waals surface area contributed by atoms with Gasteiger partial charge in [-0.3, -0.25) is 0 Å². The average molecular weight is 255 g/mol. The normalized spacial score (nSPS) is 10.3. The van der Waals surface area contributed by atoms with Crippen LogP contribution in [0.2, 0.25) is 15.1 Å². The smallest absolute Gasteiger partial charge is 0.0653 e. The summed E-state index contributed by atoms with van der Waals surface area (Å²) in [5.41, 5.74) is 0.731. The molecule has 0 aliphatic heterocycles. The van der Waals surface area contributed by atoms with Crippen LogP contribution in [0.5, 0.6) is 0 Å². The fraction of sp³-hybridized carbons (Fsp3) is 0.333. The zero-order chi connectivity index (χ0) is 10.6. The molecule has 1 aromatic carbocycles. The Bertz CT molecular complexity index is 317. The predicted molar refractivity (Wildman–Crippen MR) is 61.7 cm³/mol. The van der Waals surface area contributed by atoms with Crippen molar-refractivity contribution < 1.29 is 5.11 Å². The molecule has 78 valence electrons. The van der Waals surface area contributed by atoms with Gasteiger partial charge in [-0.15, -0.1) is 0 Å². The van der Waals surface area contributed by atoms with Gasteiger partial charge < -0.3 is 10.4 Å². The van der Waals surface area contributed by atoms with Crippen molar-refractivity contribution in [2.24, 2.45) is 0 Å². The number of hydrogen-bond acceptors (Lipinski definition) is 2. The Morgan fingerprint density at radius 1 is 1.07 bits per heavy atom. The van der Waals surface area contributed by atoms with E-state index in [0.29, 0.717) is 28.0 Å². The fourth-order valence-corrected chi connectivity index (χ4v) is 1.57. The molecule has 0 saturated heterocycles. The minimum Gasteiger partial charge on any atom is -0.396 e. The Morgan fingerprint density at radius 3 is 2.36 bits per heavy atom. The first-order chi connectivity index (χ1) is 6.65.